The Balaban J connectivity index is 2.44. The zero-order chi connectivity index (χ0) is 17.9. The molecule has 0 aromatic heterocycles. The summed E-state index contributed by atoms with van der Waals surface area (Å²) in [5.74, 6) is -0.515. The zero-order valence-electron chi connectivity index (χ0n) is 13.3. The molecule has 0 radical (unpaired) electrons. The zero-order valence-corrected chi connectivity index (χ0v) is 14.1. The predicted molar refractivity (Wildman–Crippen MR) is 89.2 cm³/mol. The Hall–Kier alpha value is -2.49. The van der Waals surface area contributed by atoms with E-state index in [4.69, 9.17) is 0 Å². The molecule has 1 N–H and O–H groups in total. The first kappa shape index (κ1) is 17.9. The molecule has 0 saturated carbocycles. The van der Waals surface area contributed by atoms with Gasteiger partial charge in [-0.25, -0.2) is 8.42 Å². The van der Waals surface area contributed by atoms with Crippen molar-refractivity contribution in [1.29, 1.82) is 5.26 Å². The fraction of sp³-hybridized carbons (Fsp3) is 0.222. The van der Waals surface area contributed by atoms with Crippen LogP contribution in [0.2, 0.25) is 0 Å². The number of carbonyl (C=O) groups excluding carboxylic acids is 1. The minimum atomic E-state index is -3.62. The quantitative estimate of drug-likeness (QED) is 0.842. The summed E-state index contributed by atoms with van der Waals surface area (Å²) in [6.07, 6.45) is -1.46. The molecular weight excluding hydrogens is 326 g/mol. The van der Waals surface area contributed by atoms with Gasteiger partial charge in [-0.1, -0.05) is 36.4 Å². The summed E-state index contributed by atoms with van der Waals surface area (Å²) in [5.41, 5.74) is 0.437. The predicted octanol–water partition coefficient (Wildman–Crippen LogP) is 2.66. The van der Waals surface area contributed by atoms with Crippen LogP contribution in [0.4, 0.5) is 0 Å². The lowest BCUT2D eigenvalue weighted by Gasteiger charge is -2.14. The lowest BCUT2D eigenvalue weighted by Crippen LogP contribution is -2.17. The first-order valence-corrected chi connectivity index (χ1v) is 8.89. The smallest absolute Gasteiger partial charge is 0.195 e. The molecule has 0 spiro atoms. The number of ketones is 1. The topological polar surface area (TPSA) is 95.2 Å². The molecule has 0 aliphatic carbocycles. The van der Waals surface area contributed by atoms with Crippen LogP contribution in [0.1, 0.15) is 41.4 Å². The number of nitriles is 1. The van der Waals surface area contributed by atoms with Crippen LogP contribution in [0.3, 0.4) is 0 Å². The molecule has 1 atom stereocenters. The van der Waals surface area contributed by atoms with Gasteiger partial charge in [-0.3, -0.25) is 4.79 Å². The van der Waals surface area contributed by atoms with Crippen molar-refractivity contribution in [2.75, 3.05) is 0 Å². The third-order valence-electron chi connectivity index (χ3n) is 3.67. The number of carbonyl (C=O) groups is 1. The van der Waals surface area contributed by atoms with Gasteiger partial charge in [0.05, 0.1) is 15.7 Å². The number of hydrogen-bond donors (Lipinski definition) is 1. The first-order chi connectivity index (χ1) is 11.3. The van der Waals surface area contributed by atoms with Gasteiger partial charge in [0, 0.05) is 5.56 Å². The van der Waals surface area contributed by atoms with E-state index >= 15 is 0 Å². The lowest BCUT2D eigenvalue weighted by molar-refractivity contribution is 0.0747. The molecule has 0 heterocycles. The highest BCUT2D eigenvalue weighted by atomic mass is 32.2. The molecule has 124 valence electrons. The number of aliphatic hydroxyl groups is 1. The van der Waals surface area contributed by atoms with E-state index in [9.17, 15) is 23.6 Å². The minimum Gasteiger partial charge on any atom is -0.380 e. The van der Waals surface area contributed by atoms with Gasteiger partial charge in [0.2, 0.25) is 0 Å². The SMILES string of the molecule is CC(C)S(=O)(=O)c1ccc(C(O)C(=O)c2ccccc2)cc1C#N. The molecular formula is C18H17NO4S. The highest BCUT2D eigenvalue weighted by Gasteiger charge is 2.25. The largest absolute Gasteiger partial charge is 0.380 e. The average molecular weight is 343 g/mol. The van der Waals surface area contributed by atoms with Crippen molar-refractivity contribution >= 4 is 15.6 Å². The Labute approximate surface area is 141 Å². The van der Waals surface area contributed by atoms with Crippen molar-refractivity contribution in [3.05, 3.63) is 65.2 Å². The van der Waals surface area contributed by atoms with E-state index < -0.39 is 27.0 Å². The molecule has 5 nitrogen and oxygen atoms in total. The van der Waals surface area contributed by atoms with Gasteiger partial charge < -0.3 is 5.11 Å². The number of nitrogens with zero attached hydrogens (tertiary/aromatic N) is 1. The van der Waals surface area contributed by atoms with Crippen LogP contribution < -0.4 is 0 Å². The summed E-state index contributed by atoms with van der Waals surface area (Å²) in [4.78, 5) is 12.2. The molecule has 0 saturated heterocycles. The number of sulfone groups is 1. The van der Waals surface area contributed by atoms with E-state index in [1.165, 1.54) is 32.0 Å². The molecule has 6 heteroatoms. The number of Topliss-reactive ketones (excluding diaryl/α,β-unsaturated/α-hetero) is 1. The third kappa shape index (κ3) is 3.37. The average Bonchev–Trinajstić information content (AvgIpc) is 2.60. The molecule has 2 aromatic rings. The second-order valence-electron chi connectivity index (χ2n) is 5.59. The van der Waals surface area contributed by atoms with Crippen LogP contribution in [0.15, 0.2) is 53.4 Å². The van der Waals surface area contributed by atoms with Gasteiger partial charge in [0.25, 0.3) is 0 Å². The molecule has 1 unspecified atom stereocenters. The van der Waals surface area contributed by atoms with Gasteiger partial charge in [0.1, 0.15) is 12.2 Å². The highest BCUT2D eigenvalue weighted by molar-refractivity contribution is 7.92. The lowest BCUT2D eigenvalue weighted by atomic mass is 9.99. The Kier molecular flexibility index (Phi) is 5.17. The van der Waals surface area contributed by atoms with E-state index in [0.717, 1.165) is 0 Å². The summed E-state index contributed by atoms with van der Waals surface area (Å²) in [5, 5.41) is 18.8. The summed E-state index contributed by atoms with van der Waals surface area (Å²) >= 11 is 0. The Morgan fingerprint density at radius 3 is 2.29 bits per heavy atom. The minimum absolute atomic E-state index is 0.0823. The fourth-order valence-corrected chi connectivity index (χ4v) is 3.40. The fourth-order valence-electron chi connectivity index (χ4n) is 2.22. The van der Waals surface area contributed by atoms with Crippen molar-refractivity contribution in [2.45, 2.75) is 30.1 Å². The molecule has 2 aromatic carbocycles. The number of aliphatic hydroxyl groups excluding tert-OH is 1. The summed E-state index contributed by atoms with van der Waals surface area (Å²) in [6.45, 7) is 3.05. The third-order valence-corrected chi connectivity index (χ3v) is 5.88. The van der Waals surface area contributed by atoms with Crippen LogP contribution in [0.5, 0.6) is 0 Å². The molecule has 0 fully saturated rings. The van der Waals surface area contributed by atoms with Crippen molar-refractivity contribution < 1.29 is 18.3 Å². The second-order valence-corrected chi connectivity index (χ2v) is 8.07. The summed E-state index contributed by atoms with van der Waals surface area (Å²) in [6, 6.07) is 14.0. The van der Waals surface area contributed by atoms with E-state index in [0.29, 0.717) is 5.56 Å². The molecule has 0 amide bonds. The van der Waals surface area contributed by atoms with Crippen molar-refractivity contribution in [3.8, 4) is 6.07 Å². The Morgan fingerprint density at radius 1 is 1.12 bits per heavy atom. The van der Waals surface area contributed by atoms with Crippen LogP contribution in [0.25, 0.3) is 0 Å². The number of rotatable bonds is 5. The maximum atomic E-state index is 12.3. The maximum absolute atomic E-state index is 12.3. The number of benzene rings is 2. The number of hydrogen-bond acceptors (Lipinski definition) is 5. The van der Waals surface area contributed by atoms with Crippen LogP contribution in [-0.2, 0) is 9.84 Å². The van der Waals surface area contributed by atoms with E-state index in [1.807, 2.05) is 6.07 Å². The normalized spacial score (nSPS) is 12.6. The van der Waals surface area contributed by atoms with Crippen LogP contribution in [-0.4, -0.2) is 24.6 Å². The van der Waals surface area contributed by atoms with Crippen molar-refractivity contribution in [3.63, 3.8) is 0 Å². The van der Waals surface area contributed by atoms with E-state index in [1.54, 1.807) is 30.3 Å². The van der Waals surface area contributed by atoms with Gasteiger partial charge >= 0.3 is 0 Å². The van der Waals surface area contributed by atoms with Crippen LogP contribution in [0, 0.1) is 11.3 Å². The summed E-state index contributed by atoms with van der Waals surface area (Å²) in [7, 11) is -3.62. The second kappa shape index (κ2) is 6.95. The highest BCUT2D eigenvalue weighted by Crippen LogP contribution is 2.25. The molecule has 2 rings (SSSR count). The van der Waals surface area contributed by atoms with Crippen LogP contribution >= 0.6 is 0 Å². The van der Waals surface area contributed by atoms with E-state index in [2.05, 4.69) is 0 Å². The van der Waals surface area contributed by atoms with Gasteiger partial charge in [-0.05, 0) is 31.5 Å². The van der Waals surface area contributed by atoms with Crippen molar-refractivity contribution in [1.82, 2.24) is 0 Å². The molecule has 24 heavy (non-hydrogen) atoms. The first-order valence-electron chi connectivity index (χ1n) is 7.34. The van der Waals surface area contributed by atoms with Gasteiger partial charge in [0.15, 0.2) is 15.6 Å². The maximum Gasteiger partial charge on any atom is 0.195 e. The standard InChI is InChI=1S/C18H17NO4S/c1-12(2)24(22,23)16-9-8-14(10-15(16)11-19)18(21)17(20)13-6-4-3-5-7-13/h3-10,12,18,21H,1-2H3. The van der Waals surface area contributed by atoms with Crippen molar-refractivity contribution in [2.24, 2.45) is 0 Å². The molecule has 0 aliphatic rings. The molecule has 0 aliphatic heterocycles. The summed E-state index contributed by atoms with van der Waals surface area (Å²) < 4.78 is 24.5. The molecule has 0 bridgehead atoms. The Morgan fingerprint density at radius 2 is 1.75 bits per heavy atom. The monoisotopic (exact) mass is 343 g/mol. The Bertz CT molecular complexity index is 896. The van der Waals surface area contributed by atoms with E-state index in [-0.39, 0.29) is 16.0 Å². The van der Waals surface area contributed by atoms with Gasteiger partial charge in [-0.15, -0.1) is 0 Å². The van der Waals surface area contributed by atoms with Gasteiger partial charge in [-0.2, -0.15) is 5.26 Å².